The molecular formula is C22H26ClN3O3. The van der Waals surface area contributed by atoms with Crippen molar-refractivity contribution in [1.82, 2.24) is 10.2 Å². The minimum absolute atomic E-state index is 0.0341. The van der Waals surface area contributed by atoms with Crippen molar-refractivity contribution >= 4 is 23.3 Å². The first-order chi connectivity index (χ1) is 14.0. The Hall–Kier alpha value is -2.73. The molecule has 0 saturated heterocycles. The molecule has 0 unspecified atom stereocenters. The van der Waals surface area contributed by atoms with E-state index in [0.717, 1.165) is 22.6 Å². The minimum Gasteiger partial charge on any atom is -0.497 e. The van der Waals surface area contributed by atoms with Gasteiger partial charge in [-0.1, -0.05) is 35.0 Å². The van der Waals surface area contributed by atoms with Gasteiger partial charge in [-0.2, -0.15) is 0 Å². The van der Waals surface area contributed by atoms with Crippen LogP contribution in [-0.4, -0.2) is 42.4 Å². The summed E-state index contributed by atoms with van der Waals surface area (Å²) >= 11 is 6.30. The number of hydrogen-bond donors (Lipinski definition) is 1. The number of nitrogens with zero attached hydrogens (tertiary/aromatic N) is 2. The minimum atomic E-state index is -0.215. The van der Waals surface area contributed by atoms with Crippen molar-refractivity contribution < 1.29 is 14.4 Å². The summed E-state index contributed by atoms with van der Waals surface area (Å²) in [4.78, 5) is 20.1. The summed E-state index contributed by atoms with van der Waals surface area (Å²) in [6.07, 6.45) is 0.410. The summed E-state index contributed by atoms with van der Waals surface area (Å²) < 4.78 is 5.20. The lowest BCUT2D eigenvalue weighted by Crippen LogP contribution is -2.45. The molecule has 1 aliphatic rings. The maximum Gasteiger partial charge on any atom is 0.318 e. The van der Waals surface area contributed by atoms with Gasteiger partial charge < -0.3 is 19.8 Å². The molecule has 0 fully saturated rings. The number of carbonyl (C=O) groups is 1. The summed E-state index contributed by atoms with van der Waals surface area (Å²) in [5.74, 6) is 0.793. The van der Waals surface area contributed by atoms with E-state index in [1.807, 2.05) is 62.4 Å². The van der Waals surface area contributed by atoms with Crippen molar-refractivity contribution in [2.75, 3.05) is 13.7 Å². The van der Waals surface area contributed by atoms with Gasteiger partial charge in [0.1, 0.15) is 5.75 Å². The Morgan fingerprint density at radius 3 is 2.66 bits per heavy atom. The first-order valence-corrected chi connectivity index (χ1v) is 10.00. The average Bonchev–Trinajstić information content (AvgIpc) is 3.17. The van der Waals surface area contributed by atoms with Crippen molar-refractivity contribution in [2.45, 2.75) is 39.0 Å². The third kappa shape index (κ3) is 5.64. The van der Waals surface area contributed by atoms with Gasteiger partial charge in [-0.25, -0.2) is 4.79 Å². The molecule has 29 heavy (non-hydrogen) atoms. The van der Waals surface area contributed by atoms with E-state index in [4.69, 9.17) is 21.2 Å². The Kier molecular flexibility index (Phi) is 6.99. The highest BCUT2D eigenvalue weighted by molar-refractivity contribution is 6.31. The molecule has 1 atom stereocenters. The first-order valence-electron chi connectivity index (χ1n) is 9.62. The summed E-state index contributed by atoms with van der Waals surface area (Å²) in [7, 11) is 1.64. The molecule has 3 rings (SSSR count). The maximum atomic E-state index is 12.7. The van der Waals surface area contributed by atoms with Gasteiger partial charge >= 0.3 is 6.03 Å². The summed E-state index contributed by atoms with van der Waals surface area (Å²) in [5.41, 5.74) is 2.74. The predicted octanol–water partition coefficient (Wildman–Crippen LogP) is 4.46. The zero-order valence-corrected chi connectivity index (χ0v) is 17.6. The van der Waals surface area contributed by atoms with Crippen LogP contribution >= 0.6 is 11.6 Å². The van der Waals surface area contributed by atoms with Crippen molar-refractivity contribution in [3.8, 4) is 5.75 Å². The van der Waals surface area contributed by atoms with E-state index in [-0.39, 0.29) is 18.2 Å². The van der Waals surface area contributed by atoms with Crippen LogP contribution in [0.5, 0.6) is 5.75 Å². The number of nitrogens with one attached hydrogen (secondary N) is 1. The third-order valence-electron chi connectivity index (χ3n) is 4.60. The fourth-order valence-electron chi connectivity index (χ4n) is 3.12. The number of amides is 2. The standard InChI is InChI=1S/C22H26ClN3O3/c1-15(2)24-22(27)26(13-17-6-4-5-7-20(17)23)14-19-12-21(25-29-19)16-8-10-18(28-3)11-9-16/h4-11,15,19H,12-14H2,1-3H3,(H,24,27)/t19-/m0/s1. The maximum absolute atomic E-state index is 12.7. The number of urea groups is 1. The molecule has 0 aromatic heterocycles. The highest BCUT2D eigenvalue weighted by Gasteiger charge is 2.27. The number of carbonyl (C=O) groups excluding carboxylic acids is 1. The molecule has 6 nitrogen and oxygen atoms in total. The number of ether oxygens (including phenoxy) is 1. The molecule has 1 N–H and O–H groups in total. The first kappa shape index (κ1) is 21.0. The van der Waals surface area contributed by atoms with E-state index < -0.39 is 0 Å². The van der Waals surface area contributed by atoms with Crippen LogP contribution in [0.4, 0.5) is 4.79 Å². The van der Waals surface area contributed by atoms with Crippen molar-refractivity contribution in [2.24, 2.45) is 5.16 Å². The van der Waals surface area contributed by atoms with E-state index in [0.29, 0.717) is 24.5 Å². The van der Waals surface area contributed by atoms with Gasteiger partial charge in [0.25, 0.3) is 0 Å². The van der Waals surface area contributed by atoms with Gasteiger partial charge in [-0.05, 0) is 55.3 Å². The van der Waals surface area contributed by atoms with E-state index in [1.165, 1.54) is 0 Å². The van der Waals surface area contributed by atoms with Gasteiger partial charge in [-0.15, -0.1) is 0 Å². The molecule has 0 bridgehead atoms. The summed E-state index contributed by atoms with van der Waals surface area (Å²) in [5, 5.41) is 7.82. The second kappa shape index (κ2) is 9.65. The summed E-state index contributed by atoms with van der Waals surface area (Å²) in [6, 6.07) is 15.1. The van der Waals surface area contributed by atoms with E-state index >= 15 is 0 Å². The number of oxime groups is 1. The molecule has 1 aliphatic heterocycles. The molecule has 7 heteroatoms. The topological polar surface area (TPSA) is 63.2 Å². The van der Waals surface area contributed by atoms with Crippen LogP contribution in [0.1, 0.15) is 31.4 Å². The molecule has 2 aromatic rings. The third-order valence-corrected chi connectivity index (χ3v) is 4.97. The van der Waals surface area contributed by atoms with Crippen molar-refractivity contribution in [3.63, 3.8) is 0 Å². The van der Waals surface area contributed by atoms with Crippen LogP contribution in [-0.2, 0) is 11.4 Å². The molecular weight excluding hydrogens is 390 g/mol. The Morgan fingerprint density at radius 2 is 2.00 bits per heavy atom. The van der Waals surface area contributed by atoms with E-state index in [2.05, 4.69) is 10.5 Å². The highest BCUT2D eigenvalue weighted by atomic mass is 35.5. The number of hydrogen-bond acceptors (Lipinski definition) is 4. The molecule has 0 radical (unpaired) electrons. The smallest absolute Gasteiger partial charge is 0.318 e. The molecule has 1 heterocycles. The monoisotopic (exact) mass is 415 g/mol. The Bertz CT molecular complexity index is 868. The van der Waals surface area contributed by atoms with Crippen LogP contribution in [0.3, 0.4) is 0 Å². The molecule has 0 spiro atoms. The highest BCUT2D eigenvalue weighted by Crippen LogP contribution is 2.22. The zero-order valence-electron chi connectivity index (χ0n) is 16.9. The molecule has 2 aromatic carbocycles. The largest absolute Gasteiger partial charge is 0.497 e. The van der Waals surface area contributed by atoms with Gasteiger partial charge in [0.15, 0.2) is 6.10 Å². The van der Waals surface area contributed by atoms with Crippen molar-refractivity contribution in [3.05, 3.63) is 64.7 Å². The number of halogens is 1. The lowest BCUT2D eigenvalue weighted by atomic mass is 10.0. The lowest BCUT2D eigenvalue weighted by molar-refractivity contribution is 0.0586. The van der Waals surface area contributed by atoms with Gasteiger partial charge in [0.2, 0.25) is 0 Å². The van der Waals surface area contributed by atoms with Crippen LogP contribution in [0.2, 0.25) is 5.02 Å². The molecule has 0 saturated carbocycles. The van der Waals surface area contributed by atoms with E-state index in [9.17, 15) is 4.79 Å². The predicted molar refractivity (Wildman–Crippen MR) is 115 cm³/mol. The van der Waals surface area contributed by atoms with E-state index in [1.54, 1.807) is 12.0 Å². The van der Waals surface area contributed by atoms with Gasteiger partial charge in [0.05, 0.1) is 19.4 Å². The fourth-order valence-corrected chi connectivity index (χ4v) is 3.31. The second-order valence-corrected chi connectivity index (χ2v) is 7.68. The Labute approximate surface area is 176 Å². The number of benzene rings is 2. The zero-order chi connectivity index (χ0) is 20.8. The van der Waals surface area contributed by atoms with Gasteiger partial charge in [0, 0.05) is 24.0 Å². The van der Waals surface area contributed by atoms with Crippen LogP contribution in [0.25, 0.3) is 0 Å². The van der Waals surface area contributed by atoms with Crippen LogP contribution < -0.4 is 10.1 Å². The number of methoxy groups -OCH3 is 1. The molecule has 0 aliphatic carbocycles. The van der Waals surface area contributed by atoms with Crippen molar-refractivity contribution in [1.29, 1.82) is 0 Å². The molecule has 2 amide bonds. The van der Waals surface area contributed by atoms with Crippen LogP contribution in [0.15, 0.2) is 53.7 Å². The normalized spacial score (nSPS) is 15.6. The SMILES string of the molecule is COc1ccc(C2=NO[C@H](CN(Cc3ccccc3Cl)C(=O)NC(C)C)C2)cc1. The van der Waals surface area contributed by atoms with Crippen LogP contribution in [0, 0.1) is 0 Å². The second-order valence-electron chi connectivity index (χ2n) is 7.27. The summed E-state index contributed by atoms with van der Waals surface area (Å²) in [6.45, 7) is 4.67. The molecule has 154 valence electrons. The number of rotatable bonds is 7. The Morgan fingerprint density at radius 1 is 1.28 bits per heavy atom. The Balaban J connectivity index is 1.67. The fraction of sp³-hybridized carbons (Fsp3) is 0.364. The van der Waals surface area contributed by atoms with Gasteiger partial charge in [-0.3, -0.25) is 0 Å². The quantitative estimate of drug-likeness (QED) is 0.726. The lowest BCUT2D eigenvalue weighted by Gasteiger charge is -2.26. The average molecular weight is 416 g/mol.